The first-order chi connectivity index (χ1) is 12.0. The van der Waals surface area contributed by atoms with Crippen molar-refractivity contribution in [3.63, 3.8) is 0 Å². The summed E-state index contributed by atoms with van der Waals surface area (Å²) >= 11 is 0. The van der Waals surface area contributed by atoms with Crippen LogP contribution in [0, 0.1) is 0 Å². The molecule has 132 valence electrons. The molecule has 9 nitrogen and oxygen atoms in total. The van der Waals surface area contributed by atoms with Gasteiger partial charge in [-0.3, -0.25) is 0 Å². The lowest BCUT2D eigenvalue weighted by Crippen LogP contribution is -2.11. The third-order valence-electron chi connectivity index (χ3n) is 3.14. The van der Waals surface area contributed by atoms with Gasteiger partial charge in [0.25, 0.3) is 0 Å². The molecule has 2 aromatic rings. The molecule has 0 aliphatic carbocycles. The number of nitrogens with zero attached hydrogens (tertiary/aromatic N) is 3. The second-order valence-corrected chi connectivity index (χ2v) is 4.85. The fourth-order valence-electron chi connectivity index (χ4n) is 2.15. The number of methoxy groups -OCH3 is 2. The smallest absolute Gasteiger partial charge is 0.338 e. The summed E-state index contributed by atoms with van der Waals surface area (Å²) in [4.78, 5) is 23.7. The summed E-state index contributed by atoms with van der Waals surface area (Å²) < 4.78 is 15.8. The average molecular weight is 345 g/mol. The maximum absolute atomic E-state index is 12.3. The highest BCUT2D eigenvalue weighted by Gasteiger charge is 2.16. The quantitative estimate of drug-likeness (QED) is 0.745. The van der Waals surface area contributed by atoms with Gasteiger partial charge >= 0.3 is 5.97 Å². The molecule has 9 heteroatoms. The largest absolute Gasteiger partial charge is 0.493 e. The van der Waals surface area contributed by atoms with Crippen LogP contribution in [0.4, 0.5) is 11.9 Å². The molecule has 25 heavy (non-hydrogen) atoms. The molecule has 2 rings (SSSR count). The molecule has 1 aromatic carbocycles. The number of aromatic nitrogens is 3. The van der Waals surface area contributed by atoms with E-state index < -0.39 is 5.97 Å². The summed E-state index contributed by atoms with van der Waals surface area (Å²) in [5, 5.41) is 0. The lowest BCUT2D eigenvalue weighted by molar-refractivity contribution is 0.0461. The summed E-state index contributed by atoms with van der Waals surface area (Å²) in [5.41, 5.74) is 11.9. The van der Waals surface area contributed by atoms with Crippen molar-refractivity contribution >= 4 is 23.9 Å². The SMILES string of the molecule is CC=Cc1cc(C(=O)OCc2nc(N)nc(N)n2)cc(OC)c1OC. The van der Waals surface area contributed by atoms with Crippen molar-refractivity contribution in [1.82, 2.24) is 15.0 Å². The first-order valence-electron chi connectivity index (χ1n) is 7.30. The van der Waals surface area contributed by atoms with E-state index in [4.69, 9.17) is 25.7 Å². The molecule has 0 amide bonds. The molecule has 0 radical (unpaired) electrons. The lowest BCUT2D eigenvalue weighted by Gasteiger charge is -2.13. The van der Waals surface area contributed by atoms with Gasteiger partial charge in [-0.1, -0.05) is 12.2 Å². The molecule has 4 N–H and O–H groups in total. The molecule has 0 spiro atoms. The Kier molecular flexibility index (Phi) is 5.72. The van der Waals surface area contributed by atoms with Crippen molar-refractivity contribution in [2.24, 2.45) is 0 Å². The molecule has 0 saturated heterocycles. The second kappa shape index (κ2) is 7.95. The highest BCUT2D eigenvalue weighted by Crippen LogP contribution is 2.33. The minimum Gasteiger partial charge on any atom is -0.493 e. The molecular weight excluding hydrogens is 326 g/mol. The molecule has 0 aliphatic rings. The van der Waals surface area contributed by atoms with Crippen molar-refractivity contribution in [1.29, 1.82) is 0 Å². The van der Waals surface area contributed by atoms with Gasteiger partial charge in [-0.15, -0.1) is 0 Å². The zero-order valence-electron chi connectivity index (χ0n) is 14.1. The number of hydrogen-bond acceptors (Lipinski definition) is 9. The average Bonchev–Trinajstić information content (AvgIpc) is 2.58. The molecule has 0 atom stereocenters. The molecule has 0 saturated carbocycles. The Bertz CT molecular complexity index is 787. The van der Waals surface area contributed by atoms with Gasteiger partial charge in [-0.05, 0) is 19.1 Å². The van der Waals surface area contributed by atoms with Crippen LogP contribution in [-0.2, 0) is 11.3 Å². The van der Waals surface area contributed by atoms with E-state index in [1.165, 1.54) is 20.3 Å². The van der Waals surface area contributed by atoms with E-state index >= 15 is 0 Å². The van der Waals surface area contributed by atoms with Crippen LogP contribution >= 0.6 is 0 Å². The fraction of sp³-hybridized carbons (Fsp3) is 0.250. The molecule has 0 aliphatic heterocycles. The van der Waals surface area contributed by atoms with Crippen LogP contribution in [0.3, 0.4) is 0 Å². The van der Waals surface area contributed by atoms with Crippen LogP contribution in [0.5, 0.6) is 11.5 Å². The van der Waals surface area contributed by atoms with Crippen LogP contribution < -0.4 is 20.9 Å². The van der Waals surface area contributed by atoms with Crippen molar-refractivity contribution in [2.45, 2.75) is 13.5 Å². The number of carbonyl (C=O) groups excluding carboxylic acids is 1. The Morgan fingerprint density at radius 2 is 1.80 bits per heavy atom. The van der Waals surface area contributed by atoms with Crippen LogP contribution in [0.1, 0.15) is 28.7 Å². The Hall–Kier alpha value is -3.36. The maximum atomic E-state index is 12.3. The lowest BCUT2D eigenvalue weighted by atomic mass is 10.1. The first kappa shape index (κ1) is 18.0. The van der Waals surface area contributed by atoms with Crippen molar-refractivity contribution in [3.05, 3.63) is 35.2 Å². The normalized spacial score (nSPS) is 10.7. The highest BCUT2D eigenvalue weighted by molar-refractivity contribution is 5.91. The minimum absolute atomic E-state index is 0.0416. The van der Waals surface area contributed by atoms with Gasteiger partial charge in [0, 0.05) is 5.56 Å². The van der Waals surface area contributed by atoms with E-state index in [0.29, 0.717) is 22.6 Å². The third kappa shape index (κ3) is 4.34. The van der Waals surface area contributed by atoms with Gasteiger partial charge < -0.3 is 25.7 Å². The Morgan fingerprint density at radius 1 is 1.12 bits per heavy atom. The van der Waals surface area contributed by atoms with Gasteiger partial charge in [-0.2, -0.15) is 15.0 Å². The number of benzene rings is 1. The number of esters is 1. The third-order valence-corrected chi connectivity index (χ3v) is 3.14. The van der Waals surface area contributed by atoms with Crippen LogP contribution in [0.15, 0.2) is 18.2 Å². The van der Waals surface area contributed by atoms with E-state index in [2.05, 4.69) is 15.0 Å². The molecule has 0 fully saturated rings. The Morgan fingerprint density at radius 3 is 2.36 bits per heavy atom. The number of nitrogen functional groups attached to an aromatic ring is 2. The second-order valence-electron chi connectivity index (χ2n) is 4.85. The van der Waals surface area contributed by atoms with Gasteiger partial charge in [0.05, 0.1) is 19.8 Å². The molecule has 1 aromatic heterocycles. The molecule has 0 bridgehead atoms. The van der Waals surface area contributed by atoms with E-state index in [9.17, 15) is 4.79 Å². The summed E-state index contributed by atoms with van der Waals surface area (Å²) in [6, 6.07) is 3.17. The standard InChI is InChI=1S/C16H19N5O4/c1-4-5-9-6-10(7-11(23-2)13(9)24-3)14(22)25-8-12-19-15(17)21-16(18)20-12/h4-7H,8H2,1-3H3,(H4,17,18,19,20,21). The summed E-state index contributed by atoms with van der Waals surface area (Å²) in [5.74, 6) is 0.436. The number of rotatable bonds is 6. The van der Waals surface area contributed by atoms with E-state index in [1.807, 2.05) is 13.0 Å². The van der Waals surface area contributed by atoms with Crippen LogP contribution in [-0.4, -0.2) is 35.1 Å². The zero-order valence-corrected chi connectivity index (χ0v) is 14.1. The molecule has 0 unspecified atom stereocenters. The zero-order chi connectivity index (χ0) is 18.4. The number of anilines is 2. The topological polar surface area (TPSA) is 135 Å². The van der Waals surface area contributed by atoms with Crippen molar-refractivity contribution in [3.8, 4) is 11.5 Å². The van der Waals surface area contributed by atoms with E-state index in [-0.39, 0.29) is 24.3 Å². The summed E-state index contributed by atoms with van der Waals surface area (Å²) in [6.45, 7) is 1.66. The summed E-state index contributed by atoms with van der Waals surface area (Å²) in [6.07, 6.45) is 3.62. The van der Waals surface area contributed by atoms with Gasteiger partial charge in [0.15, 0.2) is 23.9 Å². The van der Waals surface area contributed by atoms with Crippen LogP contribution in [0.2, 0.25) is 0 Å². The maximum Gasteiger partial charge on any atom is 0.338 e. The summed E-state index contributed by atoms with van der Waals surface area (Å²) in [7, 11) is 3.02. The molecular formula is C16H19N5O4. The number of nitrogens with two attached hydrogens (primary N) is 2. The number of ether oxygens (including phenoxy) is 3. The van der Waals surface area contributed by atoms with Crippen molar-refractivity contribution in [2.75, 3.05) is 25.7 Å². The van der Waals surface area contributed by atoms with Gasteiger partial charge in [0.2, 0.25) is 11.9 Å². The molecule has 1 heterocycles. The first-order valence-corrected chi connectivity index (χ1v) is 7.30. The minimum atomic E-state index is -0.579. The van der Waals surface area contributed by atoms with E-state index in [0.717, 1.165) is 0 Å². The number of carbonyl (C=O) groups is 1. The van der Waals surface area contributed by atoms with Gasteiger partial charge in [-0.25, -0.2) is 4.79 Å². The highest BCUT2D eigenvalue weighted by atomic mass is 16.5. The predicted molar refractivity (Wildman–Crippen MR) is 92.0 cm³/mol. The number of allylic oxidation sites excluding steroid dienone is 1. The monoisotopic (exact) mass is 345 g/mol. The Balaban J connectivity index is 2.24. The van der Waals surface area contributed by atoms with Crippen molar-refractivity contribution < 1.29 is 19.0 Å². The van der Waals surface area contributed by atoms with Gasteiger partial charge in [0.1, 0.15) is 0 Å². The number of hydrogen-bond donors (Lipinski definition) is 2. The Labute approximate surface area is 144 Å². The van der Waals surface area contributed by atoms with E-state index in [1.54, 1.807) is 12.1 Å². The predicted octanol–water partition coefficient (Wildman–Crippen LogP) is 1.44. The fourth-order valence-corrected chi connectivity index (χ4v) is 2.15. The van der Waals surface area contributed by atoms with Crippen LogP contribution in [0.25, 0.3) is 6.08 Å².